The van der Waals surface area contributed by atoms with Gasteiger partial charge in [-0.2, -0.15) is 0 Å². The summed E-state index contributed by atoms with van der Waals surface area (Å²) in [5.41, 5.74) is 0. The molecule has 0 spiro atoms. The summed E-state index contributed by atoms with van der Waals surface area (Å²) in [5.74, 6) is -0.164. The van der Waals surface area contributed by atoms with Crippen molar-refractivity contribution in [3.05, 3.63) is 0 Å². The summed E-state index contributed by atoms with van der Waals surface area (Å²) in [6, 6.07) is -0.181. The van der Waals surface area contributed by atoms with Crippen LogP contribution in [0, 0.1) is 0 Å². The number of Topliss-reactive ketones (excluding diaryl/α,β-unsaturated/α-hetero) is 1. The third-order valence-electron chi connectivity index (χ3n) is 1.78. The number of aliphatic hydroxyl groups is 1. The number of carbonyl (C=O) groups excluding carboxylic acids is 2. The monoisotopic (exact) mass is 187 g/mol. The Kier molecular flexibility index (Phi) is 6.14. The lowest BCUT2D eigenvalue weighted by atomic mass is 10.2. The van der Waals surface area contributed by atoms with Crippen molar-refractivity contribution in [1.29, 1.82) is 0 Å². The van der Waals surface area contributed by atoms with E-state index in [0.29, 0.717) is 6.42 Å². The quantitative estimate of drug-likeness (QED) is 0.626. The van der Waals surface area contributed by atoms with Crippen molar-refractivity contribution >= 4 is 11.7 Å². The van der Waals surface area contributed by atoms with Crippen molar-refractivity contribution in [3.63, 3.8) is 0 Å². The minimum atomic E-state index is -0.181. The molecule has 0 aromatic carbocycles. The standard InChI is InChI=1S/C9H17NO3/c1-3-8(6-11)10-9(13)5-4-7(2)12/h8,11H,3-6H2,1-2H3,(H,10,13)/t8-/m0/s1. The van der Waals surface area contributed by atoms with Crippen molar-refractivity contribution in [3.8, 4) is 0 Å². The zero-order chi connectivity index (χ0) is 10.3. The number of aliphatic hydroxyl groups excluding tert-OH is 1. The van der Waals surface area contributed by atoms with Gasteiger partial charge in [0.1, 0.15) is 5.78 Å². The Morgan fingerprint density at radius 1 is 1.38 bits per heavy atom. The first-order valence-corrected chi connectivity index (χ1v) is 4.49. The topological polar surface area (TPSA) is 66.4 Å². The van der Waals surface area contributed by atoms with Gasteiger partial charge in [0, 0.05) is 12.8 Å². The predicted octanol–water partition coefficient (Wildman–Crippen LogP) is 0.243. The van der Waals surface area contributed by atoms with Crippen molar-refractivity contribution < 1.29 is 14.7 Å². The number of ketones is 1. The Morgan fingerprint density at radius 3 is 2.38 bits per heavy atom. The molecule has 1 atom stereocenters. The molecule has 13 heavy (non-hydrogen) atoms. The van der Waals surface area contributed by atoms with Crippen LogP contribution < -0.4 is 5.32 Å². The highest BCUT2D eigenvalue weighted by molar-refractivity contribution is 5.83. The van der Waals surface area contributed by atoms with E-state index in [1.807, 2.05) is 6.92 Å². The number of hydrogen-bond acceptors (Lipinski definition) is 3. The lowest BCUT2D eigenvalue weighted by Crippen LogP contribution is -2.36. The Bertz CT molecular complexity index is 176. The van der Waals surface area contributed by atoms with Crippen molar-refractivity contribution in [2.45, 2.75) is 39.2 Å². The number of carbonyl (C=O) groups is 2. The maximum Gasteiger partial charge on any atom is 0.220 e. The third-order valence-corrected chi connectivity index (χ3v) is 1.78. The van der Waals surface area contributed by atoms with E-state index in [1.54, 1.807) is 0 Å². The van der Waals surface area contributed by atoms with E-state index in [2.05, 4.69) is 5.32 Å². The average Bonchev–Trinajstić information content (AvgIpc) is 2.10. The predicted molar refractivity (Wildman–Crippen MR) is 49.2 cm³/mol. The summed E-state index contributed by atoms with van der Waals surface area (Å²) in [7, 11) is 0. The molecule has 4 nitrogen and oxygen atoms in total. The second-order valence-electron chi connectivity index (χ2n) is 3.06. The lowest BCUT2D eigenvalue weighted by Gasteiger charge is -2.13. The summed E-state index contributed by atoms with van der Waals surface area (Å²) in [4.78, 5) is 21.6. The largest absolute Gasteiger partial charge is 0.394 e. The fourth-order valence-electron chi connectivity index (χ4n) is 0.866. The first kappa shape index (κ1) is 12.1. The Morgan fingerprint density at radius 2 is 2.00 bits per heavy atom. The highest BCUT2D eigenvalue weighted by Crippen LogP contribution is 1.94. The van der Waals surface area contributed by atoms with Crippen LogP contribution >= 0.6 is 0 Å². The summed E-state index contributed by atoms with van der Waals surface area (Å²) >= 11 is 0. The van der Waals surface area contributed by atoms with Gasteiger partial charge < -0.3 is 15.2 Å². The molecule has 2 N–H and O–H groups in total. The zero-order valence-corrected chi connectivity index (χ0v) is 8.17. The van der Waals surface area contributed by atoms with E-state index in [9.17, 15) is 9.59 Å². The van der Waals surface area contributed by atoms with Gasteiger partial charge in [0.15, 0.2) is 0 Å². The highest BCUT2D eigenvalue weighted by Gasteiger charge is 2.09. The van der Waals surface area contributed by atoms with Crippen molar-refractivity contribution in [1.82, 2.24) is 5.32 Å². The molecule has 0 unspecified atom stereocenters. The fourth-order valence-corrected chi connectivity index (χ4v) is 0.866. The van der Waals surface area contributed by atoms with Gasteiger partial charge in [-0.3, -0.25) is 4.79 Å². The maximum atomic E-state index is 11.1. The lowest BCUT2D eigenvalue weighted by molar-refractivity contribution is -0.125. The van der Waals surface area contributed by atoms with Gasteiger partial charge in [-0.15, -0.1) is 0 Å². The second-order valence-corrected chi connectivity index (χ2v) is 3.06. The van der Waals surface area contributed by atoms with Crippen molar-refractivity contribution in [2.24, 2.45) is 0 Å². The summed E-state index contributed by atoms with van der Waals surface area (Å²) in [6.07, 6.45) is 1.18. The molecule has 0 aliphatic rings. The molecule has 0 saturated carbocycles. The van der Waals surface area contributed by atoms with E-state index in [4.69, 9.17) is 5.11 Å². The molecule has 76 valence electrons. The molecule has 4 heteroatoms. The molecule has 0 saturated heterocycles. The molecule has 0 aliphatic heterocycles. The molecule has 0 rings (SSSR count). The van der Waals surface area contributed by atoms with Gasteiger partial charge in [0.2, 0.25) is 5.91 Å². The number of amides is 1. The molecule has 0 aromatic heterocycles. The molecule has 0 aromatic rings. The van der Waals surface area contributed by atoms with Crippen LogP contribution in [0.5, 0.6) is 0 Å². The van der Waals surface area contributed by atoms with Gasteiger partial charge in [0.25, 0.3) is 0 Å². The Labute approximate surface area is 78.3 Å². The molecular formula is C9H17NO3. The summed E-state index contributed by atoms with van der Waals surface area (Å²) in [5, 5.41) is 11.4. The van der Waals surface area contributed by atoms with Gasteiger partial charge in [-0.05, 0) is 13.3 Å². The van der Waals surface area contributed by atoms with Crippen LogP contribution in [0.15, 0.2) is 0 Å². The minimum absolute atomic E-state index is 0.00666. The van der Waals surface area contributed by atoms with Gasteiger partial charge in [-0.25, -0.2) is 0 Å². The number of hydrogen-bond donors (Lipinski definition) is 2. The van der Waals surface area contributed by atoms with Gasteiger partial charge >= 0.3 is 0 Å². The fraction of sp³-hybridized carbons (Fsp3) is 0.778. The van der Waals surface area contributed by atoms with Crippen LogP contribution in [-0.2, 0) is 9.59 Å². The van der Waals surface area contributed by atoms with Crippen LogP contribution in [0.25, 0.3) is 0 Å². The molecular weight excluding hydrogens is 170 g/mol. The van der Waals surface area contributed by atoms with Crippen LogP contribution in [0.4, 0.5) is 0 Å². The summed E-state index contributed by atoms with van der Waals surface area (Å²) in [6.45, 7) is 3.28. The van der Waals surface area contributed by atoms with Gasteiger partial charge in [-0.1, -0.05) is 6.92 Å². The van der Waals surface area contributed by atoms with E-state index in [-0.39, 0.29) is 37.2 Å². The maximum absolute atomic E-state index is 11.1. The molecule has 0 radical (unpaired) electrons. The van der Waals surface area contributed by atoms with Crippen LogP contribution in [0.3, 0.4) is 0 Å². The van der Waals surface area contributed by atoms with E-state index in [1.165, 1.54) is 6.92 Å². The SMILES string of the molecule is CC[C@@H](CO)NC(=O)CCC(C)=O. The molecule has 1 amide bonds. The third kappa shape index (κ3) is 6.28. The Hall–Kier alpha value is -0.900. The van der Waals surface area contributed by atoms with E-state index < -0.39 is 0 Å². The van der Waals surface area contributed by atoms with E-state index in [0.717, 1.165) is 0 Å². The smallest absolute Gasteiger partial charge is 0.220 e. The minimum Gasteiger partial charge on any atom is -0.394 e. The normalized spacial score (nSPS) is 12.2. The Balaban J connectivity index is 3.66. The zero-order valence-electron chi connectivity index (χ0n) is 8.17. The number of nitrogens with one attached hydrogen (secondary N) is 1. The van der Waals surface area contributed by atoms with E-state index >= 15 is 0 Å². The van der Waals surface area contributed by atoms with Gasteiger partial charge in [0.05, 0.1) is 12.6 Å². The highest BCUT2D eigenvalue weighted by atomic mass is 16.3. The molecule has 0 heterocycles. The van der Waals surface area contributed by atoms with Crippen LogP contribution in [-0.4, -0.2) is 29.4 Å². The first-order chi connectivity index (χ1) is 6.10. The van der Waals surface area contributed by atoms with Crippen LogP contribution in [0.1, 0.15) is 33.1 Å². The molecule has 0 fully saturated rings. The first-order valence-electron chi connectivity index (χ1n) is 4.49. The van der Waals surface area contributed by atoms with Crippen molar-refractivity contribution in [2.75, 3.05) is 6.61 Å². The summed E-state index contributed by atoms with van der Waals surface area (Å²) < 4.78 is 0. The van der Waals surface area contributed by atoms with Crippen LogP contribution in [0.2, 0.25) is 0 Å². The molecule has 0 bridgehead atoms. The average molecular weight is 187 g/mol. The number of rotatable bonds is 6. The second kappa shape index (κ2) is 6.60. The molecule has 0 aliphatic carbocycles.